The topological polar surface area (TPSA) is 42.0 Å². The summed E-state index contributed by atoms with van der Waals surface area (Å²) < 4.78 is 0. The van der Waals surface area contributed by atoms with Gasteiger partial charge in [-0.15, -0.1) is 0 Å². The molecule has 1 N–H and O–H groups in total. The number of hydrogen-bond donors (Lipinski definition) is 1. The third kappa shape index (κ3) is 2.63. The zero-order valence-corrected chi connectivity index (χ0v) is 11.1. The molecule has 2 rings (SSSR count). The van der Waals surface area contributed by atoms with Crippen LogP contribution in [0.5, 0.6) is 0 Å². The SMILES string of the molecule is Cc1c(Cl)cccc1C(=O)Nc1cccnc1Cl. The van der Waals surface area contributed by atoms with Crippen LogP contribution in [0.2, 0.25) is 10.2 Å². The van der Waals surface area contributed by atoms with E-state index in [2.05, 4.69) is 10.3 Å². The Labute approximate surface area is 115 Å². The molecule has 0 saturated carbocycles. The molecule has 0 unspecified atom stereocenters. The molecule has 0 atom stereocenters. The molecule has 0 aliphatic heterocycles. The average Bonchev–Trinajstić information content (AvgIpc) is 2.35. The molecule has 0 aliphatic carbocycles. The van der Waals surface area contributed by atoms with Gasteiger partial charge in [-0.2, -0.15) is 0 Å². The van der Waals surface area contributed by atoms with Crippen molar-refractivity contribution < 1.29 is 4.79 Å². The number of halogens is 2. The Balaban J connectivity index is 2.28. The maximum Gasteiger partial charge on any atom is 0.256 e. The van der Waals surface area contributed by atoms with Crippen LogP contribution >= 0.6 is 23.2 Å². The highest BCUT2D eigenvalue weighted by Gasteiger charge is 2.12. The van der Waals surface area contributed by atoms with E-state index in [4.69, 9.17) is 23.2 Å². The molecule has 0 radical (unpaired) electrons. The van der Waals surface area contributed by atoms with E-state index < -0.39 is 0 Å². The Morgan fingerprint density at radius 1 is 1.22 bits per heavy atom. The summed E-state index contributed by atoms with van der Waals surface area (Å²) in [5, 5.41) is 3.51. The first kappa shape index (κ1) is 12.9. The third-order valence-electron chi connectivity index (χ3n) is 2.52. The molecule has 5 heteroatoms. The Morgan fingerprint density at radius 3 is 2.72 bits per heavy atom. The number of benzene rings is 1. The van der Waals surface area contributed by atoms with Crippen molar-refractivity contribution in [3.8, 4) is 0 Å². The molecule has 3 nitrogen and oxygen atoms in total. The van der Waals surface area contributed by atoms with Crippen molar-refractivity contribution in [3.63, 3.8) is 0 Å². The zero-order valence-electron chi connectivity index (χ0n) is 9.58. The molecular weight excluding hydrogens is 271 g/mol. The van der Waals surface area contributed by atoms with Gasteiger partial charge in [0, 0.05) is 16.8 Å². The summed E-state index contributed by atoms with van der Waals surface area (Å²) in [6.45, 7) is 1.79. The quantitative estimate of drug-likeness (QED) is 0.847. The van der Waals surface area contributed by atoms with Crippen LogP contribution in [0.15, 0.2) is 36.5 Å². The first-order chi connectivity index (χ1) is 8.59. The van der Waals surface area contributed by atoms with Gasteiger partial charge in [-0.05, 0) is 36.8 Å². The first-order valence-corrected chi connectivity index (χ1v) is 6.02. The molecule has 92 valence electrons. The van der Waals surface area contributed by atoms with Crippen LogP contribution in [0.3, 0.4) is 0 Å². The van der Waals surface area contributed by atoms with Gasteiger partial charge in [-0.1, -0.05) is 29.3 Å². The number of carbonyl (C=O) groups excluding carboxylic acids is 1. The second-order valence-electron chi connectivity index (χ2n) is 3.71. The standard InChI is InChI=1S/C13H10Cl2N2O/c1-8-9(4-2-5-10(8)14)13(18)17-11-6-3-7-16-12(11)15/h2-7H,1H3,(H,17,18). The highest BCUT2D eigenvalue weighted by atomic mass is 35.5. The number of pyridine rings is 1. The molecule has 0 aliphatic rings. The average molecular weight is 281 g/mol. The maximum atomic E-state index is 12.1. The number of amides is 1. The minimum Gasteiger partial charge on any atom is -0.319 e. The van der Waals surface area contributed by atoms with Gasteiger partial charge < -0.3 is 5.32 Å². The van der Waals surface area contributed by atoms with Gasteiger partial charge in [0.05, 0.1) is 5.69 Å². The van der Waals surface area contributed by atoms with Crippen molar-refractivity contribution in [1.29, 1.82) is 0 Å². The zero-order chi connectivity index (χ0) is 13.1. The van der Waals surface area contributed by atoms with Gasteiger partial charge in [0.1, 0.15) is 0 Å². The minimum absolute atomic E-state index is 0.255. The van der Waals surface area contributed by atoms with Gasteiger partial charge in [-0.3, -0.25) is 4.79 Å². The highest BCUT2D eigenvalue weighted by Crippen LogP contribution is 2.22. The number of carbonyl (C=O) groups is 1. The number of aromatic nitrogens is 1. The lowest BCUT2D eigenvalue weighted by molar-refractivity contribution is 0.102. The Morgan fingerprint density at radius 2 is 2.00 bits per heavy atom. The van der Waals surface area contributed by atoms with Gasteiger partial charge in [0.2, 0.25) is 0 Å². The largest absolute Gasteiger partial charge is 0.319 e. The lowest BCUT2D eigenvalue weighted by Crippen LogP contribution is -2.14. The molecule has 2 aromatic rings. The molecular formula is C13H10Cl2N2O. The fourth-order valence-electron chi connectivity index (χ4n) is 1.52. The van der Waals surface area contributed by atoms with Crippen molar-refractivity contribution >= 4 is 34.8 Å². The lowest BCUT2D eigenvalue weighted by atomic mass is 10.1. The van der Waals surface area contributed by atoms with Gasteiger partial charge in [0.15, 0.2) is 5.15 Å². The molecule has 0 saturated heterocycles. The number of anilines is 1. The molecule has 1 aromatic heterocycles. The van der Waals surface area contributed by atoms with Gasteiger partial charge in [-0.25, -0.2) is 4.98 Å². The van der Waals surface area contributed by atoms with Crippen LogP contribution in [0.4, 0.5) is 5.69 Å². The summed E-state index contributed by atoms with van der Waals surface area (Å²) in [6.07, 6.45) is 1.56. The van der Waals surface area contributed by atoms with Crippen molar-refractivity contribution in [2.75, 3.05) is 5.32 Å². The second kappa shape index (κ2) is 5.38. The summed E-state index contributed by atoms with van der Waals surface area (Å²) in [4.78, 5) is 16.0. The van der Waals surface area contributed by atoms with E-state index >= 15 is 0 Å². The summed E-state index contributed by atoms with van der Waals surface area (Å²) in [5.74, 6) is -0.259. The van der Waals surface area contributed by atoms with Gasteiger partial charge >= 0.3 is 0 Å². The smallest absolute Gasteiger partial charge is 0.256 e. The Hall–Kier alpha value is -1.58. The highest BCUT2D eigenvalue weighted by molar-refractivity contribution is 6.33. The number of nitrogens with zero attached hydrogens (tertiary/aromatic N) is 1. The second-order valence-corrected chi connectivity index (χ2v) is 4.47. The monoisotopic (exact) mass is 280 g/mol. The lowest BCUT2D eigenvalue weighted by Gasteiger charge is -2.09. The minimum atomic E-state index is -0.259. The van der Waals surface area contributed by atoms with Crippen molar-refractivity contribution in [1.82, 2.24) is 4.98 Å². The maximum absolute atomic E-state index is 12.1. The Bertz CT molecular complexity index is 599. The van der Waals surface area contributed by atoms with Crippen LogP contribution in [0, 0.1) is 6.92 Å². The van der Waals surface area contributed by atoms with E-state index in [1.165, 1.54) is 0 Å². The number of hydrogen-bond acceptors (Lipinski definition) is 2. The van der Waals surface area contributed by atoms with Crippen molar-refractivity contribution in [3.05, 3.63) is 57.8 Å². The summed E-state index contributed by atoms with van der Waals surface area (Å²) in [5.41, 5.74) is 1.72. The van der Waals surface area contributed by atoms with Crippen LogP contribution in [0.1, 0.15) is 15.9 Å². The first-order valence-electron chi connectivity index (χ1n) is 5.26. The summed E-state index contributed by atoms with van der Waals surface area (Å²) in [7, 11) is 0. The number of rotatable bonds is 2. The fraction of sp³-hybridized carbons (Fsp3) is 0.0769. The van der Waals surface area contributed by atoms with Crippen LogP contribution < -0.4 is 5.32 Å². The van der Waals surface area contributed by atoms with E-state index in [0.29, 0.717) is 16.3 Å². The third-order valence-corrected chi connectivity index (χ3v) is 3.23. The molecule has 1 heterocycles. The van der Waals surface area contributed by atoms with E-state index in [9.17, 15) is 4.79 Å². The molecule has 0 spiro atoms. The van der Waals surface area contributed by atoms with Crippen molar-refractivity contribution in [2.45, 2.75) is 6.92 Å². The van der Waals surface area contributed by atoms with Crippen molar-refractivity contribution in [2.24, 2.45) is 0 Å². The predicted molar refractivity (Wildman–Crippen MR) is 73.4 cm³/mol. The Kier molecular flexibility index (Phi) is 3.84. The van der Waals surface area contributed by atoms with E-state index in [-0.39, 0.29) is 11.1 Å². The normalized spacial score (nSPS) is 10.2. The van der Waals surface area contributed by atoms with Crippen LogP contribution in [0.25, 0.3) is 0 Å². The fourth-order valence-corrected chi connectivity index (χ4v) is 1.86. The molecule has 1 amide bonds. The van der Waals surface area contributed by atoms with E-state index in [1.807, 2.05) is 0 Å². The van der Waals surface area contributed by atoms with Crippen LogP contribution in [-0.2, 0) is 0 Å². The summed E-state index contributed by atoms with van der Waals surface area (Å²) in [6, 6.07) is 8.57. The van der Waals surface area contributed by atoms with Crippen LogP contribution in [-0.4, -0.2) is 10.9 Å². The molecule has 0 bridgehead atoms. The molecule has 1 aromatic carbocycles. The molecule has 0 fully saturated rings. The van der Waals surface area contributed by atoms with E-state index in [0.717, 1.165) is 5.56 Å². The predicted octanol–water partition coefficient (Wildman–Crippen LogP) is 3.95. The van der Waals surface area contributed by atoms with Gasteiger partial charge in [0.25, 0.3) is 5.91 Å². The summed E-state index contributed by atoms with van der Waals surface area (Å²) >= 11 is 11.8. The molecule has 18 heavy (non-hydrogen) atoms. The number of nitrogens with one attached hydrogen (secondary N) is 1. The van der Waals surface area contributed by atoms with E-state index in [1.54, 1.807) is 43.5 Å².